The molecule has 1 aromatic rings. The molecule has 2 aliphatic rings. The summed E-state index contributed by atoms with van der Waals surface area (Å²) in [4.78, 5) is 38.1. The second-order valence-electron chi connectivity index (χ2n) is 6.68. The van der Waals surface area contributed by atoms with E-state index in [-0.39, 0.29) is 18.2 Å². The molecule has 1 aliphatic carbocycles. The van der Waals surface area contributed by atoms with Gasteiger partial charge >= 0.3 is 5.97 Å². The van der Waals surface area contributed by atoms with Gasteiger partial charge in [0.1, 0.15) is 5.54 Å². The highest BCUT2D eigenvalue weighted by atomic mass is 16.4. The van der Waals surface area contributed by atoms with E-state index >= 15 is 0 Å². The standard InChI is InChI=1S/C18H22N2O4/c21-15-11-13(12-20(15)14-7-3-1-4-8-14)16(22)19-18(17(23)24)9-5-2-6-10-18/h1,3-4,7-8,13H,2,5-6,9-12H2,(H,19,22)(H,23,24)/t13-/m1/s1. The van der Waals surface area contributed by atoms with Crippen LogP contribution in [0.15, 0.2) is 30.3 Å². The first-order chi connectivity index (χ1) is 11.5. The summed E-state index contributed by atoms with van der Waals surface area (Å²) in [5.41, 5.74) is -0.401. The summed E-state index contributed by atoms with van der Waals surface area (Å²) in [6.07, 6.45) is 3.62. The molecule has 2 amide bonds. The molecule has 2 fully saturated rings. The number of amides is 2. The van der Waals surface area contributed by atoms with Crippen molar-refractivity contribution in [3.8, 4) is 0 Å². The SMILES string of the molecule is O=C(NC1(C(=O)O)CCCCC1)[C@@H]1CC(=O)N(c2ccccc2)C1. The molecule has 24 heavy (non-hydrogen) atoms. The van der Waals surface area contributed by atoms with Gasteiger partial charge in [-0.3, -0.25) is 9.59 Å². The Bertz CT molecular complexity index is 638. The molecule has 0 aromatic heterocycles. The van der Waals surface area contributed by atoms with Gasteiger partial charge in [-0.25, -0.2) is 4.79 Å². The lowest BCUT2D eigenvalue weighted by Crippen LogP contribution is -2.57. The summed E-state index contributed by atoms with van der Waals surface area (Å²) in [6.45, 7) is 0.296. The van der Waals surface area contributed by atoms with Crippen molar-refractivity contribution in [2.75, 3.05) is 11.4 Å². The minimum atomic E-state index is -1.17. The van der Waals surface area contributed by atoms with Gasteiger partial charge in [-0.2, -0.15) is 0 Å². The van der Waals surface area contributed by atoms with Crippen molar-refractivity contribution in [3.63, 3.8) is 0 Å². The number of para-hydroxylation sites is 1. The molecule has 0 bridgehead atoms. The van der Waals surface area contributed by atoms with Crippen LogP contribution in [0.25, 0.3) is 0 Å². The molecule has 2 N–H and O–H groups in total. The fourth-order valence-corrected chi connectivity index (χ4v) is 3.63. The number of carboxylic acid groups (broad SMARTS) is 1. The average molecular weight is 330 g/mol. The fraction of sp³-hybridized carbons (Fsp3) is 0.500. The number of carboxylic acids is 1. The van der Waals surface area contributed by atoms with Gasteiger partial charge in [0.2, 0.25) is 11.8 Å². The number of benzene rings is 1. The third kappa shape index (κ3) is 3.13. The Morgan fingerprint density at radius 2 is 1.79 bits per heavy atom. The van der Waals surface area contributed by atoms with E-state index in [0.29, 0.717) is 19.4 Å². The second kappa shape index (κ2) is 6.63. The minimum absolute atomic E-state index is 0.102. The molecule has 1 saturated carbocycles. The van der Waals surface area contributed by atoms with Gasteiger partial charge in [0.05, 0.1) is 5.92 Å². The zero-order valence-corrected chi connectivity index (χ0v) is 13.5. The predicted octanol–water partition coefficient (Wildman–Crippen LogP) is 1.94. The van der Waals surface area contributed by atoms with Crippen LogP contribution < -0.4 is 10.2 Å². The molecule has 0 spiro atoms. The largest absolute Gasteiger partial charge is 0.480 e. The third-order valence-corrected chi connectivity index (χ3v) is 5.04. The number of carbonyl (C=O) groups excluding carboxylic acids is 2. The smallest absolute Gasteiger partial charge is 0.329 e. The summed E-state index contributed by atoms with van der Waals surface area (Å²) in [6, 6.07) is 9.22. The van der Waals surface area contributed by atoms with Crippen molar-refractivity contribution in [2.45, 2.75) is 44.1 Å². The van der Waals surface area contributed by atoms with Crippen LogP contribution in [0.5, 0.6) is 0 Å². The van der Waals surface area contributed by atoms with E-state index in [1.165, 1.54) is 0 Å². The number of nitrogens with zero attached hydrogens (tertiary/aromatic N) is 1. The number of rotatable bonds is 4. The Kier molecular flexibility index (Phi) is 4.55. The van der Waals surface area contributed by atoms with Crippen LogP contribution in [0.3, 0.4) is 0 Å². The van der Waals surface area contributed by atoms with Crippen LogP contribution >= 0.6 is 0 Å². The van der Waals surface area contributed by atoms with Crippen molar-refractivity contribution < 1.29 is 19.5 Å². The summed E-state index contributed by atoms with van der Waals surface area (Å²) in [5.74, 6) is -1.91. The Labute approximate surface area is 140 Å². The van der Waals surface area contributed by atoms with Gasteiger partial charge < -0.3 is 15.3 Å². The Morgan fingerprint density at radius 3 is 2.42 bits per heavy atom. The number of hydrogen-bond acceptors (Lipinski definition) is 3. The molecule has 1 heterocycles. The molecule has 1 aliphatic heterocycles. The van der Waals surface area contributed by atoms with Gasteiger partial charge in [-0.15, -0.1) is 0 Å². The number of carbonyl (C=O) groups is 3. The highest BCUT2D eigenvalue weighted by Gasteiger charge is 2.44. The maximum atomic E-state index is 12.6. The summed E-state index contributed by atoms with van der Waals surface area (Å²) >= 11 is 0. The summed E-state index contributed by atoms with van der Waals surface area (Å²) in [5, 5.41) is 12.3. The van der Waals surface area contributed by atoms with Gasteiger partial charge in [0, 0.05) is 18.7 Å². The monoisotopic (exact) mass is 330 g/mol. The molecule has 1 saturated heterocycles. The first-order valence-corrected chi connectivity index (χ1v) is 8.43. The lowest BCUT2D eigenvalue weighted by molar-refractivity contribution is -0.149. The van der Waals surface area contributed by atoms with E-state index in [4.69, 9.17) is 0 Å². The quantitative estimate of drug-likeness (QED) is 0.883. The molecule has 1 aromatic carbocycles. The van der Waals surface area contributed by atoms with Crippen LogP contribution in [-0.4, -0.2) is 35.0 Å². The van der Waals surface area contributed by atoms with E-state index in [1.807, 2.05) is 30.3 Å². The summed E-state index contributed by atoms with van der Waals surface area (Å²) in [7, 11) is 0. The van der Waals surface area contributed by atoms with Crippen molar-refractivity contribution in [2.24, 2.45) is 5.92 Å². The normalized spacial score (nSPS) is 23.1. The molecule has 1 atom stereocenters. The van der Waals surface area contributed by atoms with Gasteiger partial charge in [0.15, 0.2) is 0 Å². The third-order valence-electron chi connectivity index (χ3n) is 5.04. The summed E-state index contributed by atoms with van der Waals surface area (Å²) < 4.78 is 0. The van der Waals surface area contributed by atoms with Crippen molar-refractivity contribution >= 4 is 23.5 Å². The number of nitrogens with one attached hydrogen (secondary N) is 1. The van der Waals surface area contributed by atoms with Crippen LogP contribution in [0.2, 0.25) is 0 Å². The molecule has 0 radical (unpaired) electrons. The lowest BCUT2D eigenvalue weighted by Gasteiger charge is -2.34. The molecular weight excluding hydrogens is 308 g/mol. The number of hydrogen-bond donors (Lipinski definition) is 2. The molecular formula is C18H22N2O4. The Balaban J connectivity index is 1.70. The van der Waals surface area contributed by atoms with Crippen LogP contribution in [0, 0.1) is 5.92 Å². The minimum Gasteiger partial charge on any atom is -0.480 e. The van der Waals surface area contributed by atoms with Crippen LogP contribution in [0.1, 0.15) is 38.5 Å². The van der Waals surface area contributed by atoms with Crippen molar-refractivity contribution in [1.82, 2.24) is 5.32 Å². The fourth-order valence-electron chi connectivity index (χ4n) is 3.63. The predicted molar refractivity (Wildman–Crippen MR) is 88.5 cm³/mol. The highest BCUT2D eigenvalue weighted by molar-refractivity contribution is 6.01. The molecule has 0 unspecified atom stereocenters. The van der Waals surface area contributed by atoms with Crippen LogP contribution in [0.4, 0.5) is 5.69 Å². The maximum absolute atomic E-state index is 12.6. The van der Waals surface area contributed by atoms with Crippen molar-refractivity contribution in [1.29, 1.82) is 0 Å². The first kappa shape index (κ1) is 16.5. The van der Waals surface area contributed by atoms with E-state index < -0.39 is 17.4 Å². The van der Waals surface area contributed by atoms with E-state index in [0.717, 1.165) is 24.9 Å². The van der Waals surface area contributed by atoms with Gasteiger partial charge in [-0.1, -0.05) is 37.5 Å². The number of aliphatic carboxylic acids is 1. The molecule has 6 heteroatoms. The number of anilines is 1. The van der Waals surface area contributed by atoms with Crippen molar-refractivity contribution in [3.05, 3.63) is 30.3 Å². The van der Waals surface area contributed by atoms with Gasteiger partial charge in [-0.05, 0) is 25.0 Å². The second-order valence-corrected chi connectivity index (χ2v) is 6.68. The zero-order valence-electron chi connectivity index (χ0n) is 13.5. The first-order valence-electron chi connectivity index (χ1n) is 8.43. The van der Waals surface area contributed by atoms with Crippen LogP contribution in [-0.2, 0) is 14.4 Å². The average Bonchev–Trinajstić information content (AvgIpc) is 2.98. The molecule has 128 valence electrons. The topological polar surface area (TPSA) is 86.7 Å². The zero-order chi connectivity index (χ0) is 17.2. The molecule has 3 rings (SSSR count). The maximum Gasteiger partial charge on any atom is 0.329 e. The van der Waals surface area contributed by atoms with E-state index in [1.54, 1.807) is 4.90 Å². The Hall–Kier alpha value is -2.37. The molecule has 6 nitrogen and oxygen atoms in total. The van der Waals surface area contributed by atoms with E-state index in [2.05, 4.69) is 5.32 Å². The van der Waals surface area contributed by atoms with E-state index in [9.17, 15) is 19.5 Å². The van der Waals surface area contributed by atoms with Gasteiger partial charge in [0.25, 0.3) is 0 Å². The lowest BCUT2D eigenvalue weighted by atomic mass is 9.81. The highest BCUT2D eigenvalue weighted by Crippen LogP contribution is 2.30. The Morgan fingerprint density at radius 1 is 1.12 bits per heavy atom.